The van der Waals surface area contributed by atoms with Crippen LogP contribution in [0.1, 0.15) is 29.8 Å². The fraction of sp³-hybridized carbons (Fsp3) is 0.318. The van der Waals surface area contributed by atoms with E-state index in [0.29, 0.717) is 46.1 Å². The lowest BCUT2D eigenvalue weighted by Gasteiger charge is -2.18. The van der Waals surface area contributed by atoms with E-state index >= 15 is 0 Å². The first kappa shape index (κ1) is 19.8. The van der Waals surface area contributed by atoms with Gasteiger partial charge in [-0.3, -0.25) is 9.69 Å². The third-order valence-corrected chi connectivity index (χ3v) is 4.75. The number of methoxy groups -OCH3 is 2. The van der Waals surface area contributed by atoms with Gasteiger partial charge < -0.3 is 18.6 Å². The zero-order chi connectivity index (χ0) is 20.1. The molecule has 0 N–H and O–H groups in total. The zero-order valence-electron chi connectivity index (χ0n) is 16.7. The number of rotatable bonds is 9. The predicted molar refractivity (Wildman–Crippen MR) is 108 cm³/mol. The SMILES string of the molecule is CCN(CC)COc1ccc2occ(C(=O)c3cc(OC)ccc3OC)c2c1. The fourth-order valence-corrected chi connectivity index (χ4v) is 2.98. The van der Waals surface area contributed by atoms with E-state index in [4.69, 9.17) is 18.6 Å². The lowest BCUT2D eigenvalue weighted by Crippen LogP contribution is -2.27. The Morgan fingerprint density at radius 1 is 0.964 bits per heavy atom. The Kier molecular flexibility index (Phi) is 6.21. The van der Waals surface area contributed by atoms with Crippen LogP contribution in [0.5, 0.6) is 17.2 Å². The molecule has 28 heavy (non-hydrogen) atoms. The smallest absolute Gasteiger partial charge is 0.200 e. The quantitative estimate of drug-likeness (QED) is 0.404. The van der Waals surface area contributed by atoms with E-state index in [1.54, 1.807) is 25.3 Å². The maximum absolute atomic E-state index is 13.2. The second-order valence-corrected chi connectivity index (χ2v) is 6.28. The molecule has 0 saturated heterocycles. The molecule has 0 aliphatic carbocycles. The highest BCUT2D eigenvalue weighted by Crippen LogP contribution is 2.31. The normalized spacial score (nSPS) is 11.0. The number of furan rings is 1. The van der Waals surface area contributed by atoms with E-state index in [1.165, 1.54) is 13.4 Å². The summed E-state index contributed by atoms with van der Waals surface area (Å²) in [4.78, 5) is 15.4. The van der Waals surface area contributed by atoms with Gasteiger partial charge in [-0.2, -0.15) is 0 Å². The minimum absolute atomic E-state index is 0.199. The number of carbonyl (C=O) groups excluding carboxylic acids is 1. The maximum atomic E-state index is 13.2. The standard InChI is InChI=1S/C22H25NO5/c1-5-23(6-2)14-28-16-8-10-21-17(12-16)19(13-27-21)22(24)18-11-15(25-3)7-9-20(18)26-4/h7-13H,5-6,14H2,1-4H3. The molecule has 1 heterocycles. The van der Waals surface area contributed by atoms with Crippen LogP contribution in [0.15, 0.2) is 47.1 Å². The van der Waals surface area contributed by atoms with Crippen LogP contribution in [0.4, 0.5) is 0 Å². The average molecular weight is 383 g/mol. The van der Waals surface area contributed by atoms with Crippen LogP contribution in [0.2, 0.25) is 0 Å². The van der Waals surface area contributed by atoms with Crippen molar-refractivity contribution in [3.05, 3.63) is 53.8 Å². The van der Waals surface area contributed by atoms with Gasteiger partial charge in [-0.05, 0) is 49.5 Å². The van der Waals surface area contributed by atoms with E-state index in [9.17, 15) is 4.79 Å². The van der Waals surface area contributed by atoms with Crippen molar-refractivity contribution in [2.75, 3.05) is 34.0 Å². The molecule has 148 valence electrons. The number of fused-ring (bicyclic) bond motifs is 1. The molecule has 3 aromatic rings. The fourth-order valence-electron chi connectivity index (χ4n) is 2.98. The average Bonchev–Trinajstić information content (AvgIpc) is 3.16. The van der Waals surface area contributed by atoms with Gasteiger partial charge in [-0.25, -0.2) is 0 Å². The summed E-state index contributed by atoms with van der Waals surface area (Å²) >= 11 is 0. The summed E-state index contributed by atoms with van der Waals surface area (Å²) < 4.78 is 22.1. The topological polar surface area (TPSA) is 61.1 Å². The molecule has 0 fully saturated rings. The highest BCUT2D eigenvalue weighted by molar-refractivity contribution is 6.17. The third kappa shape index (κ3) is 3.97. The predicted octanol–water partition coefficient (Wildman–Crippen LogP) is 4.36. The minimum atomic E-state index is -0.199. The molecule has 0 bridgehead atoms. The summed E-state index contributed by atoms with van der Waals surface area (Å²) in [6, 6.07) is 10.6. The van der Waals surface area contributed by atoms with Gasteiger partial charge in [0.25, 0.3) is 0 Å². The maximum Gasteiger partial charge on any atom is 0.200 e. The number of hydrogen-bond acceptors (Lipinski definition) is 6. The van der Waals surface area contributed by atoms with Gasteiger partial charge in [-0.1, -0.05) is 13.8 Å². The van der Waals surface area contributed by atoms with Gasteiger partial charge in [0, 0.05) is 5.39 Å². The van der Waals surface area contributed by atoms with Crippen LogP contribution in [-0.4, -0.2) is 44.7 Å². The Balaban J connectivity index is 1.95. The summed E-state index contributed by atoms with van der Waals surface area (Å²) in [6.07, 6.45) is 1.47. The van der Waals surface area contributed by atoms with Crippen LogP contribution in [-0.2, 0) is 0 Å². The molecule has 0 saturated carbocycles. The van der Waals surface area contributed by atoms with Crippen LogP contribution in [0.3, 0.4) is 0 Å². The number of ketones is 1. The third-order valence-electron chi connectivity index (χ3n) is 4.75. The van der Waals surface area contributed by atoms with Crippen molar-refractivity contribution in [3.63, 3.8) is 0 Å². The Morgan fingerprint density at radius 3 is 2.39 bits per heavy atom. The van der Waals surface area contributed by atoms with E-state index < -0.39 is 0 Å². The molecule has 0 aliphatic heterocycles. The van der Waals surface area contributed by atoms with Gasteiger partial charge in [0.15, 0.2) is 0 Å². The van der Waals surface area contributed by atoms with Crippen molar-refractivity contribution < 1.29 is 23.4 Å². The van der Waals surface area contributed by atoms with Crippen LogP contribution < -0.4 is 14.2 Å². The van der Waals surface area contributed by atoms with E-state index in [1.807, 2.05) is 18.2 Å². The number of carbonyl (C=O) groups is 1. The van der Waals surface area contributed by atoms with Gasteiger partial charge in [-0.15, -0.1) is 0 Å². The first-order valence-electron chi connectivity index (χ1n) is 9.24. The van der Waals surface area contributed by atoms with Crippen LogP contribution in [0, 0.1) is 0 Å². The first-order chi connectivity index (χ1) is 13.6. The largest absolute Gasteiger partial charge is 0.497 e. The van der Waals surface area contributed by atoms with Crippen LogP contribution >= 0.6 is 0 Å². The van der Waals surface area contributed by atoms with E-state index in [2.05, 4.69) is 18.7 Å². The summed E-state index contributed by atoms with van der Waals surface area (Å²) in [5.74, 6) is 1.55. The molecule has 0 aliphatic rings. The van der Waals surface area contributed by atoms with Gasteiger partial charge in [0.05, 0.1) is 25.3 Å². The van der Waals surface area contributed by atoms with Crippen molar-refractivity contribution in [2.24, 2.45) is 0 Å². The monoisotopic (exact) mass is 383 g/mol. The summed E-state index contributed by atoms with van der Waals surface area (Å²) in [5, 5.41) is 0.701. The molecule has 6 nitrogen and oxygen atoms in total. The zero-order valence-corrected chi connectivity index (χ0v) is 16.7. The second-order valence-electron chi connectivity index (χ2n) is 6.28. The van der Waals surface area contributed by atoms with Crippen molar-refractivity contribution in [2.45, 2.75) is 13.8 Å². The molecule has 0 unspecified atom stereocenters. The molecule has 0 atom stereocenters. The van der Waals surface area contributed by atoms with E-state index in [0.717, 1.165) is 13.1 Å². The molecule has 3 rings (SSSR count). The van der Waals surface area contributed by atoms with Gasteiger partial charge in [0.1, 0.15) is 35.8 Å². The molecule has 2 aromatic carbocycles. The minimum Gasteiger partial charge on any atom is -0.497 e. The molecule has 0 spiro atoms. The highest BCUT2D eigenvalue weighted by Gasteiger charge is 2.20. The molecule has 0 radical (unpaired) electrons. The number of ether oxygens (including phenoxy) is 3. The molecule has 6 heteroatoms. The highest BCUT2D eigenvalue weighted by atomic mass is 16.5. The second kappa shape index (κ2) is 8.80. The Hall–Kier alpha value is -2.99. The van der Waals surface area contributed by atoms with Crippen LogP contribution in [0.25, 0.3) is 11.0 Å². The lowest BCUT2D eigenvalue weighted by molar-refractivity contribution is 0.103. The van der Waals surface area contributed by atoms with Crippen molar-refractivity contribution in [3.8, 4) is 17.2 Å². The molecule has 0 amide bonds. The van der Waals surface area contributed by atoms with Crippen molar-refractivity contribution >= 4 is 16.8 Å². The summed E-state index contributed by atoms with van der Waals surface area (Å²) in [7, 11) is 3.09. The Morgan fingerprint density at radius 2 is 1.71 bits per heavy atom. The molecular weight excluding hydrogens is 358 g/mol. The van der Waals surface area contributed by atoms with Crippen molar-refractivity contribution in [1.82, 2.24) is 4.90 Å². The molecule has 1 aromatic heterocycles. The number of nitrogens with zero attached hydrogens (tertiary/aromatic N) is 1. The van der Waals surface area contributed by atoms with Gasteiger partial charge in [0.2, 0.25) is 5.78 Å². The number of hydrogen-bond donors (Lipinski definition) is 0. The van der Waals surface area contributed by atoms with E-state index in [-0.39, 0.29) is 5.78 Å². The summed E-state index contributed by atoms with van der Waals surface area (Å²) in [6.45, 7) is 6.48. The Bertz CT molecular complexity index is 959. The molecular formula is C22H25NO5. The first-order valence-corrected chi connectivity index (χ1v) is 9.24. The van der Waals surface area contributed by atoms with Crippen molar-refractivity contribution in [1.29, 1.82) is 0 Å². The Labute approximate surface area is 164 Å². The lowest BCUT2D eigenvalue weighted by atomic mass is 10.0. The van der Waals surface area contributed by atoms with Gasteiger partial charge >= 0.3 is 0 Å². The summed E-state index contributed by atoms with van der Waals surface area (Å²) in [5.41, 5.74) is 1.49. The number of benzene rings is 2.